The van der Waals surface area contributed by atoms with E-state index in [1.807, 2.05) is 6.07 Å². The lowest BCUT2D eigenvalue weighted by molar-refractivity contribution is -0.385. The van der Waals surface area contributed by atoms with E-state index in [-0.39, 0.29) is 5.69 Å². The third-order valence-electron chi connectivity index (χ3n) is 2.44. The van der Waals surface area contributed by atoms with Crippen LogP contribution in [0.2, 0.25) is 0 Å². The first-order valence-corrected chi connectivity index (χ1v) is 5.52. The van der Waals surface area contributed by atoms with Crippen molar-refractivity contribution in [1.82, 2.24) is 0 Å². The molecule has 0 aromatic heterocycles. The van der Waals surface area contributed by atoms with Crippen LogP contribution < -0.4 is 4.74 Å². The topological polar surface area (TPSA) is 96.4 Å². The van der Waals surface area contributed by atoms with Gasteiger partial charge in [0.1, 0.15) is 11.8 Å². The molecule has 96 valence electrons. The molecule has 0 amide bonds. The summed E-state index contributed by atoms with van der Waals surface area (Å²) >= 11 is 0. The Balaban J connectivity index is 3.12. The lowest BCUT2D eigenvalue weighted by Gasteiger charge is -2.15. The van der Waals surface area contributed by atoms with Gasteiger partial charge in [-0.25, -0.2) is 0 Å². The molecule has 0 spiro atoms. The first-order chi connectivity index (χ1) is 8.49. The van der Waals surface area contributed by atoms with Crippen LogP contribution in [0.4, 0.5) is 5.69 Å². The van der Waals surface area contributed by atoms with Crippen molar-refractivity contribution in [2.24, 2.45) is 0 Å². The number of rotatable bonds is 5. The van der Waals surface area contributed by atoms with Gasteiger partial charge in [0.05, 0.1) is 11.0 Å². The van der Waals surface area contributed by atoms with Crippen molar-refractivity contribution in [1.29, 1.82) is 5.26 Å². The van der Waals surface area contributed by atoms with Crippen LogP contribution in [0.25, 0.3) is 0 Å². The Kier molecular flexibility index (Phi) is 4.63. The van der Waals surface area contributed by atoms with Crippen LogP contribution in [0.3, 0.4) is 0 Å². The van der Waals surface area contributed by atoms with E-state index in [0.29, 0.717) is 17.7 Å². The minimum Gasteiger partial charge on any atom is -0.475 e. The molecule has 0 aliphatic carbocycles. The standard InChI is InChI=1S/C12H14N2O4/c1-3-10(7-13)18-12-5-4-9(14(16)17)6-11(12)8(2)15/h4-6,8,10,15H,3H2,1-2H3/t8-,10?/m1/s1. The summed E-state index contributed by atoms with van der Waals surface area (Å²) in [5.41, 5.74) is 0.182. The summed E-state index contributed by atoms with van der Waals surface area (Å²) in [6.07, 6.45) is -1.05. The van der Waals surface area contributed by atoms with Crippen LogP contribution in [0.5, 0.6) is 5.75 Å². The summed E-state index contributed by atoms with van der Waals surface area (Å²) in [5.74, 6) is 0.295. The summed E-state index contributed by atoms with van der Waals surface area (Å²) < 4.78 is 5.40. The van der Waals surface area contributed by atoms with Gasteiger partial charge in [0.25, 0.3) is 5.69 Å². The Hall–Kier alpha value is -2.13. The lowest BCUT2D eigenvalue weighted by Crippen LogP contribution is -2.14. The van der Waals surface area contributed by atoms with Crippen molar-refractivity contribution >= 4 is 5.69 Å². The predicted molar refractivity (Wildman–Crippen MR) is 64.1 cm³/mol. The Morgan fingerprint density at radius 1 is 1.61 bits per heavy atom. The first-order valence-electron chi connectivity index (χ1n) is 5.52. The van der Waals surface area contributed by atoms with E-state index in [1.165, 1.54) is 25.1 Å². The number of nitro groups is 1. The summed E-state index contributed by atoms with van der Waals surface area (Å²) in [6, 6.07) is 5.91. The maximum absolute atomic E-state index is 10.7. The second-order valence-electron chi connectivity index (χ2n) is 3.80. The number of non-ortho nitro benzene ring substituents is 1. The van der Waals surface area contributed by atoms with Gasteiger partial charge in [-0.3, -0.25) is 10.1 Å². The van der Waals surface area contributed by atoms with Crippen molar-refractivity contribution in [2.45, 2.75) is 32.5 Å². The SMILES string of the molecule is CCC(C#N)Oc1ccc([N+](=O)[O-])cc1[C@@H](C)O. The van der Waals surface area contributed by atoms with Gasteiger partial charge in [-0.15, -0.1) is 0 Å². The third-order valence-corrected chi connectivity index (χ3v) is 2.44. The van der Waals surface area contributed by atoms with Crippen LogP contribution in [0, 0.1) is 21.4 Å². The van der Waals surface area contributed by atoms with E-state index in [2.05, 4.69) is 0 Å². The van der Waals surface area contributed by atoms with Crippen molar-refractivity contribution in [3.8, 4) is 11.8 Å². The number of benzene rings is 1. The Labute approximate surface area is 105 Å². The molecule has 2 atom stereocenters. The molecule has 0 saturated heterocycles. The smallest absolute Gasteiger partial charge is 0.270 e. The van der Waals surface area contributed by atoms with E-state index < -0.39 is 17.1 Å². The Morgan fingerprint density at radius 3 is 2.72 bits per heavy atom. The average Bonchev–Trinajstić information content (AvgIpc) is 2.35. The van der Waals surface area contributed by atoms with Crippen molar-refractivity contribution < 1.29 is 14.8 Å². The number of nitrogens with zero attached hydrogens (tertiary/aromatic N) is 2. The molecule has 0 bridgehead atoms. The minimum absolute atomic E-state index is 0.122. The summed E-state index contributed by atoms with van der Waals surface area (Å²) in [7, 11) is 0. The summed E-state index contributed by atoms with van der Waals surface area (Å²) in [5, 5.41) is 29.0. The highest BCUT2D eigenvalue weighted by atomic mass is 16.6. The van der Waals surface area contributed by atoms with E-state index in [4.69, 9.17) is 10.00 Å². The quantitative estimate of drug-likeness (QED) is 0.639. The number of aliphatic hydroxyl groups is 1. The third kappa shape index (κ3) is 3.18. The molecule has 0 aliphatic heterocycles. The van der Waals surface area contributed by atoms with Crippen LogP contribution in [-0.2, 0) is 0 Å². The molecule has 0 radical (unpaired) electrons. The number of nitro benzene ring substituents is 1. The van der Waals surface area contributed by atoms with E-state index >= 15 is 0 Å². The number of hydrogen-bond acceptors (Lipinski definition) is 5. The minimum atomic E-state index is -0.906. The molecule has 0 heterocycles. The molecule has 0 aliphatic rings. The largest absolute Gasteiger partial charge is 0.475 e. The van der Waals surface area contributed by atoms with Crippen LogP contribution in [-0.4, -0.2) is 16.1 Å². The first kappa shape index (κ1) is 13.9. The van der Waals surface area contributed by atoms with Crippen molar-refractivity contribution in [2.75, 3.05) is 0 Å². The fourth-order valence-electron chi connectivity index (χ4n) is 1.44. The predicted octanol–water partition coefficient (Wildman–Crippen LogP) is 2.33. The van der Waals surface area contributed by atoms with Crippen LogP contribution in [0.1, 0.15) is 31.9 Å². The molecular weight excluding hydrogens is 236 g/mol. The molecule has 0 fully saturated rings. The van der Waals surface area contributed by atoms with Gasteiger partial charge in [0.2, 0.25) is 0 Å². The fraction of sp³-hybridized carbons (Fsp3) is 0.417. The molecule has 1 N–H and O–H groups in total. The highest BCUT2D eigenvalue weighted by molar-refractivity contribution is 5.45. The molecule has 6 nitrogen and oxygen atoms in total. The molecule has 1 rings (SSSR count). The number of ether oxygens (including phenoxy) is 1. The molecule has 0 saturated carbocycles. The molecule has 1 unspecified atom stereocenters. The summed E-state index contributed by atoms with van der Waals surface area (Å²) in [4.78, 5) is 10.1. The molecule has 18 heavy (non-hydrogen) atoms. The van der Waals surface area contributed by atoms with Crippen LogP contribution >= 0.6 is 0 Å². The second-order valence-corrected chi connectivity index (χ2v) is 3.80. The van der Waals surface area contributed by atoms with Gasteiger partial charge >= 0.3 is 0 Å². The van der Waals surface area contributed by atoms with Gasteiger partial charge in [0.15, 0.2) is 6.10 Å². The highest BCUT2D eigenvalue weighted by Crippen LogP contribution is 2.30. The number of aliphatic hydroxyl groups excluding tert-OH is 1. The van der Waals surface area contributed by atoms with Gasteiger partial charge in [-0.05, 0) is 19.4 Å². The molecular formula is C12H14N2O4. The van der Waals surface area contributed by atoms with E-state index in [0.717, 1.165) is 0 Å². The molecule has 1 aromatic rings. The van der Waals surface area contributed by atoms with Gasteiger partial charge in [0, 0.05) is 17.7 Å². The maximum atomic E-state index is 10.7. The van der Waals surface area contributed by atoms with Gasteiger partial charge in [-0.2, -0.15) is 5.26 Å². The second kappa shape index (κ2) is 5.98. The number of nitriles is 1. The maximum Gasteiger partial charge on any atom is 0.270 e. The highest BCUT2D eigenvalue weighted by Gasteiger charge is 2.17. The normalized spacial score (nSPS) is 13.4. The van der Waals surface area contributed by atoms with E-state index in [9.17, 15) is 15.2 Å². The lowest BCUT2D eigenvalue weighted by atomic mass is 10.1. The monoisotopic (exact) mass is 250 g/mol. The zero-order valence-electron chi connectivity index (χ0n) is 10.2. The summed E-state index contributed by atoms with van der Waals surface area (Å²) in [6.45, 7) is 3.28. The zero-order valence-corrected chi connectivity index (χ0v) is 10.2. The van der Waals surface area contributed by atoms with Gasteiger partial charge in [-0.1, -0.05) is 6.92 Å². The van der Waals surface area contributed by atoms with Gasteiger partial charge < -0.3 is 9.84 Å². The Morgan fingerprint density at radius 2 is 2.28 bits per heavy atom. The Bertz CT molecular complexity index is 479. The zero-order chi connectivity index (χ0) is 13.7. The van der Waals surface area contributed by atoms with E-state index in [1.54, 1.807) is 6.92 Å². The van der Waals surface area contributed by atoms with Crippen molar-refractivity contribution in [3.05, 3.63) is 33.9 Å². The fourth-order valence-corrected chi connectivity index (χ4v) is 1.44. The average molecular weight is 250 g/mol. The molecule has 6 heteroatoms. The molecule has 1 aromatic carbocycles. The van der Waals surface area contributed by atoms with Crippen molar-refractivity contribution in [3.63, 3.8) is 0 Å². The van der Waals surface area contributed by atoms with Crippen LogP contribution in [0.15, 0.2) is 18.2 Å². The number of hydrogen-bond donors (Lipinski definition) is 1.